The molecule has 0 unspecified atom stereocenters. The van der Waals surface area contributed by atoms with Gasteiger partial charge in [0.05, 0.1) is 9.97 Å². The van der Waals surface area contributed by atoms with E-state index < -0.39 is 9.97 Å². The minimum absolute atomic E-state index is 0.0856. The second-order valence-electron chi connectivity index (χ2n) is 5.65. The number of hydrogen-bond acceptors (Lipinski definition) is 3. The molecule has 1 heterocycles. The van der Waals surface area contributed by atoms with E-state index in [0.717, 1.165) is 5.56 Å². The van der Waals surface area contributed by atoms with E-state index in [9.17, 15) is 14.4 Å². The average molecular weight is 433 g/mol. The van der Waals surface area contributed by atoms with Crippen LogP contribution in [0.5, 0.6) is 0 Å². The number of alkyl halides is 1. The first-order valence-corrected chi connectivity index (χ1v) is 8.97. The molecule has 0 aliphatic carbocycles. The number of likely N-dealkylation sites (tertiary alicyclic amines) is 1. The number of hydrogen-bond donors (Lipinski definition) is 0. The van der Waals surface area contributed by atoms with Gasteiger partial charge in [-0.1, -0.05) is 83.3 Å². The Morgan fingerprint density at radius 3 is 1.92 bits per heavy atom. The van der Waals surface area contributed by atoms with Gasteiger partial charge in [-0.2, -0.15) is 0 Å². The number of nitrogens with zero attached hydrogens (tertiary/aromatic N) is 1. The quantitative estimate of drug-likeness (QED) is 0.314. The van der Waals surface area contributed by atoms with Gasteiger partial charge in [0.2, 0.25) is 11.8 Å². The molecule has 2 amide bonds. The molecule has 1 saturated heterocycles. The highest BCUT2D eigenvalue weighted by atomic mass is 127. The summed E-state index contributed by atoms with van der Waals surface area (Å²) in [5.74, 6) is -0.509. The summed E-state index contributed by atoms with van der Waals surface area (Å²) < 4.78 is -0.543. The van der Waals surface area contributed by atoms with Crippen LogP contribution in [0, 0.1) is 0 Å². The summed E-state index contributed by atoms with van der Waals surface area (Å²) in [6, 6.07) is 17.7. The summed E-state index contributed by atoms with van der Waals surface area (Å²) in [5, 5.41) is 0. The van der Waals surface area contributed by atoms with Gasteiger partial charge < -0.3 is 0 Å². The SMILES string of the molecule is O=C(c1ccccc1)[C@H](I)[C@@H](c1ccccc1)N1C(=O)CCC1=O. The number of halogens is 1. The van der Waals surface area contributed by atoms with Gasteiger partial charge in [-0.15, -0.1) is 0 Å². The first kappa shape index (κ1) is 16.8. The maximum absolute atomic E-state index is 12.9. The zero-order chi connectivity index (χ0) is 17.1. The van der Waals surface area contributed by atoms with Crippen LogP contribution >= 0.6 is 22.6 Å². The molecule has 1 aliphatic heterocycles. The average Bonchev–Trinajstić information content (AvgIpc) is 2.95. The topological polar surface area (TPSA) is 54.5 Å². The van der Waals surface area contributed by atoms with Gasteiger partial charge in [0.15, 0.2) is 5.78 Å². The standard InChI is InChI=1S/C19H16INO3/c20-17(19(24)14-9-5-2-6-10-14)18(13-7-3-1-4-8-13)21-15(22)11-12-16(21)23/h1-10,17-18H,11-12H2/t17-,18-/m1/s1. The van der Waals surface area contributed by atoms with E-state index in [4.69, 9.17) is 0 Å². The Balaban J connectivity index is 2.00. The molecule has 24 heavy (non-hydrogen) atoms. The molecule has 0 aromatic heterocycles. The highest BCUT2D eigenvalue weighted by molar-refractivity contribution is 14.1. The number of imide groups is 1. The van der Waals surface area contributed by atoms with Gasteiger partial charge in [-0.3, -0.25) is 19.3 Å². The molecular formula is C19H16INO3. The minimum Gasteiger partial charge on any atom is -0.293 e. The highest BCUT2D eigenvalue weighted by Crippen LogP contribution is 2.35. The van der Waals surface area contributed by atoms with Crippen molar-refractivity contribution in [2.24, 2.45) is 0 Å². The molecule has 122 valence electrons. The number of ketones is 1. The molecule has 4 nitrogen and oxygen atoms in total. The Morgan fingerprint density at radius 1 is 0.875 bits per heavy atom. The van der Waals surface area contributed by atoms with Gasteiger partial charge in [0.1, 0.15) is 0 Å². The molecule has 5 heteroatoms. The largest absolute Gasteiger partial charge is 0.293 e. The molecule has 1 aliphatic rings. The van der Waals surface area contributed by atoms with Crippen LogP contribution in [0.15, 0.2) is 60.7 Å². The second-order valence-corrected chi connectivity index (χ2v) is 6.99. The van der Waals surface area contributed by atoms with Crippen LogP contribution in [-0.2, 0) is 9.59 Å². The third kappa shape index (κ3) is 3.26. The third-order valence-corrected chi connectivity index (χ3v) is 5.34. The fourth-order valence-corrected chi connectivity index (χ4v) is 4.00. The van der Waals surface area contributed by atoms with E-state index in [1.165, 1.54) is 4.90 Å². The Labute approximate surface area is 154 Å². The van der Waals surface area contributed by atoms with Crippen molar-refractivity contribution in [3.63, 3.8) is 0 Å². The van der Waals surface area contributed by atoms with E-state index in [1.807, 2.05) is 36.4 Å². The van der Waals surface area contributed by atoms with Crippen molar-refractivity contribution in [3.05, 3.63) is 71.8 Å². The highest BCUT2D eigenvalue weighted by Gasteiger charge is 2.41. The number of rotatable bonds is 5. The second kappa shape index (κ2) is 7.25. The van der Waals surface area contributed by atoms with Crippen LogP contribution in [0.4, 0.5) is 0 Å². The molecule has 2 aromatic carbocycles. The first-order chi connectivity index (χ1) is 11.6. The van der Waals surface area contributed by atoms with Crippen molar-refractivity contribution in [2.45, 2.75) is 22.8 Å². The predicted octanol–water partition coefficient (Wildman–Crippen LogP) is 3.56. The summed E-state index contributed by atoms with van der Waals surface area (Å²) in [4.78, 5) is 38.7. The van der Waals surface area contributed by atoms with Gasteiger partial charge in [0, 0.05) is 18.4 Å². The van der Waals surface area contributed by atoms with Crippen molar-refractivity contribution in [3.8, 4) is 0 Å². The van der Waals surface area contributed by atoms with Crippen LogP contribution in [0.25, 0.3) is 0 Å². The normalized spacial score (nSPS) is 17.0. The summed E-state index contributed by atoms with van der Waals surface area (Å²) in [7, 11) is 0. The van der Waals surface area contributed by atoms with Crippen LogP contribution in [0.3, 0.4) is 0 Å². The number of carbonyl (C=O) groups excluding carboxylic acids is 3. The van der Waals surface area contributed by atoms with Crippen molar-refractivity contribution >= 4 is 40.2 Å². The maximum Gasteiger partial charge on any atom is 0.230 e. The third-order valence-electron chi connectivity index (χ3n) is 4.10. The number of carbonyl (C=O) groups is 3. The Morgan fingerprint density at radius 2 is 1.38 bits per heavy atom. The summed E-state index contributed by atoms with van der Waals surface area (Å²) in [5.41, 5.74) is 1.38. The molecule has 0 spiro atoms. The van der Waals surface area contributed by atoms with Gasteiger partial charge >= 0.3 is 0 Å². The first-order valence-electron chi connectivity index (χ1n) is 7.73. The van der Waals surface area contributed by atoms with Gasteiger partial charge in [-0.05, 0) is 5.56 Å². The summed E-state index contributed by atoms with van der Waals surface area (Å²) in [6.07, 6.45) is 0.427. The van der Waals surface area contributed by atoms with E-state index >= 15 is 0 Å². The lowest BCUT2D eigenvalue weighted by molar-refractivity contribution is -0.140. The fourth-order valence-electron chi connectivity index (χ4n) is 2.91. The van der Waals surface area contributed by atoms with E-state index in [-0.39, 0.29) is 30.4 Å². The van der Waals surface area contributed by atoms with Crippen LogP contribution in [0.2, 0.25) is 0 Å². The molecule has 2 aromatic rings. The number of benzene rings is 2. The van der Waals surface area contributed by atoms with E-state index in [1.54, 1.807) is 24.3 Å². The molecule has 0 saturated carbocycles. The van der Waals surface area contributed by atoms with Crippen LogP contribution in [-0.4, -0.2) is 26.4 Å². The van der Waals surface area contributed by atoms with Crippen molar-refractivity contribution in [2.75, 3.05) is 0 Å². The van der Waals surface area contributed by atoms with Crippen LogP contribution in [0.1, 0.15) is 34.8 Å². The molecule has 0 N–H and O–H groups in total. The minimum atomic E-state index is -0.581. The zero-order valence-electron chi connectivity index (χ0n) is 12.9. The Hall–Kier alpha value is -2.02. The zero-order valence-corrected chi connectivity index (χ0v) is 15.0. The summed E-state index contributed by atoms with van der Waals surface area (Å²) >= 11 is 2.05. The number of amides is 2. The lowest BCUT2D eigenvalue weighted by Crippen LogP contribution is -2.40. The van der Waals surface area contributed by atoms with Gasteiger partial charge in [-0.25, -0.2) is 0 Å². The summed E-state index contributed by atoms with van der Waals surface area (Å²) in [6.45, 7) is 0. The molecule has 0 radical (unpaired) electrons. The van der Waals surface area contributed by atoms with Crippen molar-refractivity contribution in [1.82, 2.24) is 4.90 Å². The van der Waals surface area contributed by atoms with E-state index in [2.05, 4.69) is 22.6 Å². The number of Topliss-reactive ketones (excluding diaryl/α,β-unsaturated/α-hetero) is 1. The molecule has 2 atom stereocenters. The molecule has 3 rings (SSSR count). The van der Waals surface area contributed by atoms with Gasteiger partial charge in [0.25, 0.3) is 0 Å². The monoisotopic (exact) mass is 433 g/mol. The Bertz CT molecular complexity index is 745. The lowest BCUT2D eigenvalue weighted by Gasteiger charge is -2.30. The van der Waals surface area contributed by atoms with E-state index in [0.29, 0.717) is 5.56 Å². The van der Waals surface area contributed by atoms with Crippen LogP contribution < -0.4 is 0 Å². The van der Waals surface area contributed by atoms with Crippen molar-refractivity contribution < 1.29 is 14.4 Å². The maximum atomic E-state index is 12.9. The lowest BCUT2D eigenvalue weighted by atomic mass is 9.96. The molecule has 1 fully saturated rings. The molecule has 0 bridgehead atoms. The van der Waals surface area contributed by atoms with Crippen molar-refractivity contribution in [1.29, 1.82) is 0 Å². The predicted molar refractivity (Wildman–Crippen MR) is 98.9 cm³/mol. The molecular weight excluding hydrogens is 417 g/mol. The smallest absolute Gasteiger partial charge is 0.230 e. The fraction of sp³-hybridized carbons (Fsp3) is 0.211. The Kier molecular flexibility index (Phi) is 5.08.